The van der Waals surface area contributed by atoms with Crippen molar-refractivity contribution < 1.29 is 103 Å². The second-order valence-corrected chi connectivity index (χ2v) is 32.8. The molecule has 0 aromatic rings. The first kappa shape index (κ1) is 87.6. The number of ether oxygens (including phenoxy) is 1. The van der Waals surface area contributed by atoms with Gasteiger partial charge in [-0.05, 0) is 139 Å². The van der Waals surface area contributed by atoms with Gasteiger partial charge in [0.1, 0.15) is 72.1 Å². The minimum atomic E-state index is -5.23. The number of aliphatic hydroxyl groups excluding tert-OH is 1. The summed E-state index contributed by atoms with van der Waals surface area (Å²) in [5, 5.41) is 19.7. The van der Waals surface area contributed by atoms with E-state index in [1.54, 1.807) is 13.8 Å². The maximum absolute atomic E-state index is 15.7. The lowest BCUT2D eigenvalue weighted by atomic mass is 9.74. The fourth-order valence-electron chi connectivity index (χ4n) is 17.7. The second kappa shape index (κ2) is 37.6. The number of likely N-dealkylation sites (N-methyl/N-ethyl adjacent to an activating group) is 6. The molecule has 0 radical (unpaired) electrons. The largest absolute Gasteiger partial charge is 0.397 e. The van der Waals surface area contributed by atoms with Gasteiger partial charge in [-0.15, -0.1) is 0 Å². The van der Waals surface area contributed by atoms with Crippen LogP contribution in [0.2, 0.25) is 0 Å². The summed E-state index contributed by atoms with van der Waals surface area (Å²) in [5.74, 6) is -17.2. The highest BCUT2D eigenvalue weighted by Gasteiger charge is 2.56. The quantitative estimate of drug-likeness (QED) is 0.191. The molecule has 34 heteroatoms. The van der Waals surface area contributed by atoms with Crippen molar-refractivity contribution in [1.82, 2.24) is 60.0 Å². The molecule has 3 unspecified atom stereocenters. The van der Waals surface area contributed by atoms with Crippen molar-refractivity contribution in [1.29, 1.82) is 0 Å². The number of hydrogen-bond donors (Lipinski definition) is 4. The molecule has 4 heterocycles. The summed E-state index contributed by atoms with van der Waals surface area (Å²) >= 11 is 0. The van der Waals surface area contributed by atoms with E-state index in [0.29, 0.717) is 57.8 Å². The number of carbonyl (C=O) groups is 12. The zero-order valence-electron chi connectivity index (χ0n) is 64.8. The molecule has 0 aromatic carbocycles. The molecule has 12 amide bonds. The Morgan fingerprint density at radius 2 is 1.21 bits per heavy atom. The Kier molecular flexibility index (Phi) is 30.2. The van der Waals surface area contributed by atoms with Crippen molar-refractivity contribution in [2.75, 3.05) is 94.8 Å². The van der Waals surface area contributed by atoms with E-state index in [1.165, 1.54) is 61.9 Å². The van der Waals surface area contributed by atoms with Crippen LogP contribution in [0.1, 0.15) is 182 Å². The van der Waals surface area contributed by atoms with Crippen molar-refractivity contribution in [2.24, 2.45) is 41.4 Å². The average Bonchev–Trinajstić information content (AvgIpc) is 1.52. The first-order valence-electron chi connectivity index (χ1n) is 39.2. The Bertz CT molecular complexity index is 3230. The van der Waals surface area contributed by atoms with Crippen LogP contribution >= 0.6 is 0 Å². The number of carbonyl (C=O) groups excluding carboxylic acids is 12. The second-order valence-electron chi connectivity index (χ2n) is 32.8. The molecule has 2 bridgehead atoms. The SMILES string of the molecule is CC[C@H](C)[C@@H]1NC(=O)[C@H](CC(C)C)N(C)C(=O)C[C@@H](C(=O)N2CCOCC2)N(C)C(=O)C(C2CCCC2)N(C)C(=O)C2(CCC2)NC(=O)[C@@H]2C[C@@H](O)CN2C(=O)[C@H](CCC2CC(F)C(C(F)(F)F)C(F)C2)NC(=O)CN(C)C(=O)[C@H](CC2CCC(C(F)(F)F)CC2)N2CCCCC[C@@H](C2=O)N(C)C(=O)CN(C)C1=O. The smallest absolute Gasteiger partial charge is 0.391 e. The minimum Gasteiger partial charge on any atom is -0.391 e. The number of rotatable bonds is 11. The third-order valence-corrected chi connectivity index (χ3v) is 24.7. The van der Waals surface area contributed by atoms with Gasteiger partial charge in [0.25, 0.3) is 0 Å². The minimum absolute atomic E-state index is 0.00178. The number of nitrogens with zero attached hydrogens (tertiary/aromatic N) is 9. The van der Waals surface area contributed by atoms with Crippen LogP contribution in [0.4, 0.5) is 35.1 Å². The van der Waals surface area contributed by atoms with Gasteiger partial charge in [-0.1, -0.05) is 59.8 Å². The predicted octanol–water partition coefficient (Wildman–Crippen LogP) is 5.30. The molecule has 26 nitrogen and oxygen atoms in total. The summed E-state index contributed by atoms with van der Waals surface area (Å²) in [7, 11) is 8.02. The number of fused-ring (bicyclic) bond motifs is 3. The third kappa shape index (κ3) is 21.2. The van der Waals surface area contributed by atoms with Gasteiger partial charge in [-0.2, -0.15) is 26.3 Å². The Balaban J connectivity index is 1.19. The van der Waals surface area contributed by atoms with E-state index in [-0.39, 0.29) is 103 Å². The fourth-order valence-corrected chi connectivity index (χ4v) is 17.7. The molecule has 4 saturated carbocycles. The molecule has 0 aromatic heterocycles. The molecule has 4 aliphatic heterocycles. The predicted molar refractivity (Wildman–Crippen MR) is 380 cm³/mol. The molecule has 109 heavy (non-hydrogen) atoms. The van der Waals surface area contributed by atoms with Gasteiger partial charge < -0.3 is 69.9 Å². The van der Waals surface area contributed by atoms with Gasteiger partial charge in [0.2, 0.25) is 70.9 Å². The molecule has 4 saturated heterocycles. The van der Waals surface area contributed by atoms with Crippen molar-refractivity contribution in [3.8, 4) is 0 Å². The van der Waals surface area contributed by atoms with Crippen LogP contribution < -0.4 is 16.0 Å². The molecular weight excluding hydrogens is 1440 g/mol. The zero-order chi connectivity index (χ0) is 80.5. The van der Waals surface area contributed by atoms with Crippen molar-refractivity contribution in [3.05, 3.63) is 0 Å². The maximum atomic E-state index is 15.7. The molecule has 4 N–H and O–H groups in total. The highest BCUT2D eigenvalue weighted by Crippen LogP contribution is 2.46. The number of nitrogens with one attached hydrogen (secondary N) is 3. The third-order valence-electron chi connectivity index (χ3n) is 24.7. The molecule has 12 atom stereocenters. The van der Waals surface area contributed by atoms with Crippen LogP contribution in [0.5, 0.6) is 0 Å². The van der Waals surface area contributed by atoms with Gasteiger partial charge in [0, 0.05) is 74.9 Å². The molecule has 1 spiro atoms. The lowest BCUT2D eigenvalue weighted by molar-refractivity contribution is -0.219. The van der Waals surface area contributed by atoms with Crippen LogP contribution in [-0.4, -0.2) is 300 Å². The summed E-state index contributed by atoms with van der Waals surface area (Å²) in [5.41, 5.74) is -1.74. The van der Waals surface area contributed by atoms with Gasteiger partial charge in [-0.25, -0.2) is 8.78 Å². The van der Waals surface area contributed by atoms with Crippen molar-refractivity contribution >= 4 is 70.9 Å². The summed E-state index contributed by atoms with van der Waals surface area (Å²) in [6, 6.07) is -11.5. The molecule has 4 aliphatic carbocycles. The number of halogens is 8. The topological polar surface area (TPSA) is 300 Å². The number of hydrogen-bond acceptors (Lipinski definition) is 14. The van der Waals surface area contributed by atoms with Crippen LogP contribution in [0, 0.1) is 41.4 Å². The average molecular weight is 1560 g/mol. The standard InChI is InChI=1S/C75H116F8N12O14/c1-11-44(4)62-70(106)88(6)42-60(99)89(7)53-20-13-12-16-29-94(69(53)105)57(37-45-21-24-48(25-22-45)74(78,79)80)67(103)87(5)41-58(97)84-52(26-23-46-35-50(76)61(51(77)36-46)75(81,82)83)66(102)95-40-49(96)38-55(95)65(101)86-73(27-17-28-73)72(108)92(10)63(47-18-14-15-19-47)71(107)91(9)56(68(104)93-30-32-109-33-31-93)39-59(98)90(8)54(34-43(2)3)64(100)85-62/h43-57,61-63,96H,11-42H2,1-10H3,(H,84,97)(H,85,100)(H,86,101)/t44-,45?,46?,48?,49+,50?,51?,52-,53-,54-,55-,56-,57-,61?,62-,63?/m0/s1. The van der Waals surface area contributed by atoms with Crippen LogP contribution in [0.15, 0.2) is 0 Å². The number of morpholine rings is 1. The van der Waals surface area contributed by atoms with Gasteiger partial charge in [-0.3, -0.25) is 57.5 Å². The molecule has 8 aliphatic rings. The molecule has 616 valence electrons. The summed E-state index contributed by atoms with van der Waals surface area (Å²) in [4.78, 5) is 192. The summed E-state index contributed by atoms with van der Waals surface area (Å²) < 4.78 is 121. The van der Waals surface area contributed by atoms with Gasteiger partial charge in [0.05, 0.1) is 44.7 Å². The molecule has 8 fully saturated rings. The van der Waals surface area contributed by atoms with E-state index < -0.39 is 243 Å². The normalized spacial score (nSPS) is 32.5. The van der Waals surface area contributed by atoms with E-state index in [0.717, 1.165) is 24.5 Å². The Morgan fingerprint density at radius 1 is 0.596 bits per heavy atom. The van der Waals surface area contributed by atoms with E-state index in [1.807, 2.05) is 13.8 Å². The zero-order valence-corrected chi connectivity index (χ0v) is 64.8. The molecule has 8 rings (SSSR count). The number of amides is 12. The van der Waals surface area contributed by atoms with Crippen molar-refractivity contribution in [3.63, 3.8) is 0 Å². The van der Waals surface area contributed by atoms with Gasteiger partial charge in [0.15, 0.2) is 0 Å². The summed E-state index contributed by atoms with van der Waals surface area (Å²) in [6.07, 6.45) is -16.5. The van der Waals surface area contributed by atoms with E-state index >= 15 is 47.1 Å². The lowest BCUT2D eigenvalue weighted by Gasteiger charge is -2.47. The van der Waals surface area contributed by atoms with E-state index in [2.05, 4.69) is 16.0 Å². The fraction of sp³-hybridized carbons (Fsp3) is 0.840. The number of alkyl halides is 8. The highest BCUT2D eigenvalue weighted by atomic mass is 19.4. The van der Waals surface area contributed by atoms with Crippen LogP contribution in [0.3, 0.4) is 0 Å². The highest BCUT2D eigenvalue weighted by molar-refractivity contribution is 6.01. The Hall–Kier alpha value is -7.00. The first-order chi connectivity index (χ1) is 51.2. The Morgan fingerprint density at radius 3 is 1.79 bits per heavy atom. The van der Waals surface area contributed by atoms with Crippen LogP contribution in [-0.2, 0) is 62.3 Å². The number of aliphatic hydroxyl groups is 1. The maximum Gasteiger partial charge on any atom is 0.397 e. The first-order valence-corrected chi connectivity index (χ1v) is 39.2. The van der Waals surface area contributed by atoms with Crippen LogP contribution in [0.25, 0.3) is 0 Å². The monoisotopic (exact) mass is 1560 g/mol. The van der Waals surface area contributed by atoms with E-state index in [4.69, 9.17) is 4.74 Å². The van der Waals surface area contributed by atoms with Gasteiger partial charge >= 0.3 is 12.4 Å². The van der Waals surface area contributed by atoms with Crippen molar-refractivity contribution in [2.45, 2.75) is 266 Å². The Labute approximate surface area is 633 Å². The lowest BCUT2D eigenvalue weighted by Crippen LogP contribution is -2.68. The van der Waals surface area contributed by atoms with E-state index in [9.17, 15) is 50.6 Å². The molecular formula is C75H116F8N12O14. The summed E-state index contributed by atoms with van der Waals surface area (Å²) in [6.45, 7) is 5.43.